The van der Waals surface area contributed by atoms with Gasteiger partial charge in [-0.1, -0.05) is 53.2 Å². The average Bonchev–Trinajstić information content (AvgIpc) is 2.69. The van der Waals surface area contributed by atoms with E-state index in [4.69, 9.17) is 4.98 Å². The zero-order chi connectivity index (χ0) is 15.5. The van der Waals surface area contributed by atoms with Gasteiger partial charge in [0.15, 0.2) is 0 Å². The number of benzene rings is 1. The monoisotopic (exact) mass is 473 g/mol. The van der Waals surface area contributed by atoms with Crippen LogP contribution in [-0.4, -0.2) is 4.98 Å². The van der Waals surface area contributed by atoms with Crippen molar-refractivity contribution in [2.24, 2.45) is 10.8 Å². The van der Waals surface area contributed by atoms with Gasteiger partial charge in [0.25, 0.3) is 0 Å². The molecule has 0 aliphatic heterocycles. The molecule has 2 aromatic rings. The van der Waals surface area contributed by atoms with Crippen LogP contribution in [0.1, 0.15) is 52.7 Å². The van der Waals surface area contributed by atoms with Gasteiger partial charge in [-0.05, 0) is 28.0 Å². The Kier molecular flexibility index (Phi) is 4.20. The van der Waals surface area contributed by atoms with Gasteiger partial charge in [-0.15, -0.1) is 35.4 Å². The topological polar surface area (TPSA) is 12.9 Å². The number of rotatable bonds is 0. The molecule has 0 saturated carbocycles. The number of hydrogen-bond donors (Lipinski definition) is 0. The van der Waals surface area contributed by atoms with E-state index in [0.717, 1.165) is 5.69 Å². The van der Waals surface area contributed by atoms with Crippen LogP contribution in [0.3, 0.4) is 0 Å². The smallest absolute Gasteiger partial charge is 0.0160 e. The second kappa shape index (κ2) is 5.31. The van der Waals surface area contributed by atoms with Crippen molar-refractivity contribution in [3.63, 3.8) is 0 Å². The second-order valence-electron chi connectivity index (χ2n) is 8.11. The molecule has 0 fully saturated rings. The second-order valence-corrected chi connectivity index (χ2v) is 8.11. The maximum atomic E-state index is 4.69. The number of hydrogen-bond acceptors (Lipinski definition) is 1. The fourth-order valence-corrected chi connectivity index (χ4v) is 4.74. The van der Waals surface area contributed by atoms with Gasteiger partial charge in [-0.2, -0.15) is 0 Å². The Bertz CT molecular complexity index is 628. The van der Waals surface area contributed by atoms with Crippen LogP contribution >= 0.6 is 0 Å². The number of nitrogens with zero attached hydrogens (tertiary/aromatic N) is 1. The van der Waals surface area contributed by atoms with E-state index < -0.39 is 0 Å². The van der Waals surface area contributed by atoms with E-state index in [9.17, 15) is 0 Å². The predicted molar refractivity (Wildman–Crippen MR) is 88.2 cm³/mol. The predicted octanol–water partition coefficient (Wildman–Crippen LogP) is 5.24. The first-order valence-corrected chi connectivity index (χ1v) is 7.68. The molecule has 0 saturated heterocycles. The standard InChI is InChI=1S/C20H24N.Pt/c1-18(2,3)20(19(4,5)6)15-11-8-7-10-14(15)17-16(20)12-9-13-21-17;/h7-9,11-13H,1-6H3;/q-1;. The third-order valence-corrected chi connectivity index (χ3v) is 4.96. The summed E-state index contributed by atoms with van der Waals surface area (Å²) in [6.07, 6.45) is 1.89. The van der Waals surface area contributed by atoms with Gasteiger partial charge in [0, 0.05) is 27.3 Å². The number of pyridine rings is 1. The minimum Gasteiger partial charge on any atom is -0.304 e. The van der Waals surface area contributed by atoms with Crippen molar-refractivity contribution in [1.82, 2.24) is 4.98 Å². The summed E-state index contributed by atoms with van der Waals surface area (Å²) in [5.41, 5.74) is 5.13. The Morgan fingerprint density at radius 2 is 1.50 bits per heavy atom. The summed E-state index contributed by atoms with van der Waals surface area (Å²) >= 11 is 0. The van der Waals surface area contributed by atoms with Gasteiger partial charge in [0.2, 0.25) is 0 Å². The summed E-state index contributed by atoms with van der Waals surface area (Å²) in [5.74, 6) is 0. The molecule has 0 radical (unpaired) electrons. The van der Waals surface area contributed by atoms with E-state index in [1.165, 1.54) is 16.7 Å². The molecule has 1 aliphatic carbocycles. The molecule has 1 heterocycles. The molecule has 0 unspecified atom stereocenters. The molecule has 2 heteroatoms. The summed E-state index contributed by atoms with van der Waals surface area (Å²) in [7, 11) is 0. The summed E-state index contributed by atoms with van der Waals surface area (Å²) in [5, 5.41) is 0. The average molecular weight is 473 g/mol. The Hall–Kier alpha value is -0.942. The van der Waals surface area contributed by atoms with E-state index in [0.29, 0.717) is 0 Å². The van der Waals surface area contributed by atoms with Gasteiger partial charge in [-0.3, -0.25) is 0 Å². The first-order valence-electron chi connectivity index (χ1n) is 7.68. The Balaban J connectivity index is 0.00000176. The van der Waals surface area contributed by atoms with Crippen LogP contribution in [0.4, 0.5) is 0 Å². The van der Waals surface area contributed by atoms with Crippen LogP contribution in [0.15, 0.2) is 36.5 Å². The zero-order valence-electron chi connectivity index (χ0n) is 14.2. The summed E-state index contributed by atoms with van der Waals surface area (Å²) < 4.78 is 0. The van der Waals surface area contributed by atoms with E-state index in [1.54, 1.807) is 0 Å². The van der Waals surface area contributed by atoms with Gasteiger partial charge in [0.05, 0.1) is 0 Å². The van der Waals surface area contributed by atoms with Crippen molar-refractivity contribution in [2.45, 2.75) is 47.0 Å². The van der Waals surface area contributed by atoms with Crippen molar-refractivity contribution in [3.05, 3.63) is 53.7 Å². The van der Waals surface area contributed by atoms with Crippen LogP contribution in [0.5, 0.6) is 0 Å². The van der Waals surface area contributed by atoms with E-state index in [1.807, 2.05) is 12.3 Å². The fourth-order valence-electron chi connectivity index (χ4n) is 4.74. The quantitative estimate of drug-likeness (QED) is 0.477. The molecule has 0 spiro atoms. The Labute approximate surface area is 148 Å². The number of aromatic nitrogens is 1. The maximum absolute atomic E-state index is 4.69. The molecule has 1 nitrogen and oxygen atoms in total. The van der Waals surface area contributed by atoms with Crippen LogP contribution < -0.4 is 0 Å². The summed E-state index contributed by atoms with van der Waals surface area (Å²) in [4.78, 5) is 4.69. The maximum Gasteiger partial charge on any atom is 0.0160 e. The minimum absolute atomic E-state index is 0. The normalized spacial score (nSPS) is 15.7. The molecule has 3 rings (SSSR count). The van der Waals surface area contributed by atoms with Crippen molar-refractivity contribution < 1.29 is 21.1 Å². The van der Waals surface area contributed by atoms with E-state index in [-0.39, 0.29) is 37.3 Å². The SMILES string of the molecule is CC(C)(C)C1(C(C)(C)C)c2ccc[c-]c2-c2ncccc21.[Pt]. The van der Waals surface area contributed by atoms with E-state index >= 15 is 0 Å². The number of fused-ring (bicyclic) bond motifs is 3. The molecular formula is C20H24NPt-. The van der Waals surface area contributed by atoms with Crippen molar-refractivity contribution in [1.29, 1.82) is 0 Å². The first-order chi connectivity index (χ1) is 9.71. The molecule has 22 heavy (non-hydrogen) atoms. The molecule has 1 aromatic heterocycles. The summed E-state index contributed by atoms with van der Waals surface area (Å²) in [6, 6.07) is 14.1. The Morgan fingerprint density at radius 1 is 0.909 bits per heavy atom. The van der Waals surface area contributed by atoms with Crippen LogP contribution in [0.25, 0.3) is 11.3 Å². The molecule has 1 aliphatic rings. The third kappa shape index (κ3) is 2.05. The van der Waals surface area contributed by atoms with E-state index in [2.05, 4.69) is 71.9 Å². The van der Waals surface area contributed by atoms with Gasteiger partial charge < -0.3 is 4.98 Å². The van der Waals surface area contributed by atoms with Gasteiger partial charge >= 0.3 is 0 Å². The molecular weight excluding hydrogens is 449 g/mol. The molecule has 0 atom stereocenters. The first kappa shape index (κ1) is 17.4. The zero-order valence-corrected chi connectivity index (χ0v) is 16.5. The Morgan fingerprint density at radius 3 is 2.09 bits per heavy atom. The molecule has 0 amide bonds. The molecule has 0 bridgehead atoms. The molecule has 120 valence electrons. The van der Waals surface area contributed by atoms with Crippen molar-refractivity contribution in [2.75, 3.05) is 0 Å². The van der Waals surface area contributed by atoms with Gasteiger partial charge in [0.1, 0.15) is 0 Å². The van der Waals surface area contributed by atoms with Crippen LogP contribution in [0, 0.1) is 16.9 Å². The van der Waals surface area contributed by atoms with Crippen molar-refractivity contribution in [3.8, 4) is 11.3 Å². The third-order valence-electron chi connectivity index (χ3n) is 4.96. The van der Waals surface area contributed by atoms with Crippen LogP contribution in [0.2, 0.25) is 0 Å². The fraction of sp³-hybridized carbons (Fsp3) is 0.450. The van der Waals surface area contributed by atoms with Gasteiger partial charge in [-0.25, -0.2) is 0 Å². The minimum atomic E-state index is -0.0588. The molecule has 1 aromatic carbocycles. The largest absolute Gasteiger partial charge is 0.304 e. The van der Waals surface area contributed by atoms with Crippen LogP contribution in [-0.2, 0) is 26.5 Å². The molecule has 0 N–H and O–H groups in total. The van der Waals surface area contributed by atoms with Crippen molar-refractivity contribution >= 4 is 0 Å². The summed E-state index contributed by atoms with van der Waals surface area (Å²) in [6.45, 7) is 14.1.